The molecule has 0 bridgehead atoms. The Kier molecular flexibility index (Phi) is 7.33. The molecule has 2 aliphatic rings. The monoisotopic (exact) mass is 436 g/mol. The molecule has 0 aromatic heterocycles. The van der Waals surface area contributed by atoms with E-state index in [1.165, 1.54) is 28.8 Å². The predicted octanol–water partition coefficient (Wildman–Crippen LogP) is 2.86. The average molecular weight is 437 g/mol. The molecule has 2 aromatic rings. The van der Waals surface area contributed by atoms with Gasteiger partial charge < -0.3 is 19.9 Å². The molecule has 0 unspecified atom stereocenters. The number of piperazine rings is 1. The van der Waals surface area contributed by atoms with Gasteiger partial charge in [0.2, 0.25) is 0 Å². The number of benzene rings is 2. The SMILES string of the molecule is Cc1ccc(OCC(=O)NC[C@H](c2ccc3c(c2)CCCN3C)N2CCN(C)CC2)cc1. The van der Waals surface area contributed by atoms with Crippen molar-refractivity contribution in [3.8, 4) is 5.75 Å². The Morgan fingerprint density at radius 3 is 2.53 bits per heavy atom. The first kappa shape index (κ1) is 22.6. The van der Waals surface area contributed by atoms with Gasteiger partial charge in [-0.15, -0.1) is 0 Å². The summed E-state index contributed by atoms with van der Waals surface area (Å²) in [5, 5.41) is 3.13. The summed E-state index contributed by atoms with van der Waals surface area (Å²) in [6.07, 6.45) is 2.32. The molecule has 1 fully saturated rings. The summed E-state index contributed by atoms with van der Waals surface area (Å²) in [4.78, 5) is 19.8. The van der Waals surface area contributed by atoms with Crippen molar-refractivity contribution in [2.24, 2.45) is 0 Å². The highest BCUT2D eigenvalue weighted by Crippen LogP contribution is 2.31. The topological polar surface area (TPSA) is 48.1 Å². The highest BCUT2D eigenvalue weighted by Gasteiger charge is 2.26. The van der Waals surface area contributed by atoms with E-state index in [0.717, 1.165) is 44.9 Å². The number of amides is 1. The maximum Gasteiger partial charge on any atom is 0.258 e. The molecule has 4 rings (SSSR count). The molecule has 2 heterocycles. The Morgan fingerprint density at radius 1 is 1.03 bits per heavy atom. The van der Waals surface area contributed by atoms with Gasteiger partial charge in [-0.3, -0.25) is 9.69 Å². The molecule has 2 aromatic carbocycles. The van der Waals surface area contributed by atoms with E-state index in [9.17, 15) is 4.79 Å². The first-order valence-corrected chi connectivity index (χ1v) is 11.7. The summed E-state index contributed by atoms with van der Waals surface area (Å²) in [6.45, 7) is 7.89. The zero-order valence-corrected chi connectivity index (χ0v) is 19.6. The van der Waals surface area contributed by atoms with Gasteiger partial charge in [0, 0.05) is 52.0 Å². The van der Waals surface area contributed by atoms with Crippen LogP contribution in [-0.2, 0) is 11.2 Å². The molecule has 1 atom stereocenters. The largest absolute Gasteiger partial charge is 0.484 e. The Balaban J connectivity index is 1.42. The molecule has 0 spiro atoms. The summed E-state index contributed by atoms with van der Waals surface area (Å²) >= 11 is 0. The second kappa shape index (κ2) is 10.4. The molecular weight excluding hydrogens is 400 g/mol. The molecule has 172 valence electrons. The van der Waals surface area contributed by atoms with Crippen molar-refractivity contribution in [1.29, 1.82) is 0 Å². The van der Waals surface area contributed by atoms with Crippen LogP contribution in [-0.4, -0.2) is 75.7 Å². The molecule has 1 amide bonds. The van der Waals surface area contributed by atoms with Crippen molar-refractivity contribution < 1.29 is 9.53 Å². The third-order valence-corrected chi connectivity index (χ3v) is 6.70. The maximum absolute atomic E-state index is 12.6. The van der Waals surface area contributed by atoms with Crippen LogP contribution in [0.2, 0.25) is 0 Å². The molecule has 1 N–H and O–H groups in total. The van der Waals surface area contributed by atoms with Gasteiger partial charge in [-0.2, -0.15) is 0 Å². The second-order valence-electron chi connectivity index (χ2n) is 9.17. The number of hydrogen-bond donors (Lipinski definition) is 1. The van der Waals surface area contributed by atoms with E-state index in [4.69, 9.17) is 4.74 Å². The molecular formula is C26H36N4O2. The van der Waals surface area contributed by atoms with E-state index in [2.05, 4.69) is 52.3 Å². The van der Waals surface area contributed by atoms with Gasteiger partial charge in [-0.25, -0.2) is 0 Å². The number of nitrogens with one attached hydrogen (secondary N) is 1. The van der Waals surface area contributed by atoms with Crippen LogP contribution < -0.4 is 15.0 Å². The number of rotatable bonds is 7. The van der Waals surface area contributed by atoms with E-state index in [0.29, 0.717) is 6.54 Å². The number of carbonyl (C=O) groups is 1. The van der Waals surface area contributed by atoms with Crippen LogP contribution in [0.25, 0.3) is 0 Å². The number of ether oxygens (including phenoxy) is 1. The minimum atomic E-state index is -0.0811. The quantitative estimate of drug-likeness (QED) is 0.723. The van der Waals surface area contributed by atoms with Gasteiger partial charge in [-0.05, 0) is 56.1 Å². The van der Waals surface area contributed by atoms with Crippen molar-refractivity contribution in [3.63, 3.8) is 0 Å². The summed E-state index contributed by atoms with van der Waals surface area (Å²) < 4.78 is 5.67. The molecule has 0 radical (unpaired) electrons. The zero-order valence-electron chi connectivity index (χ0n) is 19.6. The van der Waals surface area contributed by atoms with Crippen LogP contribution in [0.4, 0.5) is 5.69 Å². The van der Waals surface area contributed by atoms with Crippen molar-refractivity contribution in [3.05, 3.63) is 59.2 Å². The summed E-state index contributed by atoms with van der Waals surface area (Å²) in [5.74, 6) is 0.641. The van der Waals surface area contributed by atoms with Crippen LogP contribution >= 0.6 is 0 Å². The highest BCUT2D eigenvalue weighted by atomic mass is 16.5. The lowest BCUT2D eigenvalue weighted by molar-refractivity contribution is -0.123. The van der Waals surface area contributed by atoms with E-state index in [1.807, 2.05) is 31.2 Å². The predicted molar refractivity (Wildman–Crippen MR) is 130 cm³/mol. The lowest BCUT2D eigenvalue weighted by Gasteiger charge is -2.39. The Bertz CT molecular complexity index is 907. The van der Waals surface area contributed by atoms with Crippen molar-refractivity contribution >= 4 is 11.6 Å². The zero-order chi connectivity index (χ0) is 22.5. The molecule has 6 nitrogen and oxygen atoms in total. The fourth-order valence-electron chi connectivity index (χ4n) is 4.65. The minimum Gasteiger partial charge on any atom is -0.484 e. The highest BCUT2D eigenvalue weighted by molar-refractivity contribution is 5.77. The van der Waals surface area contributed by atoms with E-state index >= 15 is 0 Å². The van der Waals surface area contributed by atoms with Gasteiger partial charge in [-0.1, -0.05) is 29.8 Å². The fraction of sp³-hybridized carbons (Fsp3) is 0.500. The van der Waals surface area contributed by atoms with E-state index in [1.54, 1.807) is 0 Å². The van der Waals surface area contributed by atoms with Crippen LogP contribution in [0.5, 0.6) is 5.75 Å². The van der Waals surface area contributed by atoms with Crippen molar-refractivity contribution in [2.75, 3.05) is 64.9 Å². The molecule has 2 aliphatic heterocycles. The lowest BCUT2D eigenvalue weighted by Crippen LogP contribution is -2.48. The number of hydrogen-bond acceptors (Lipinski definition) is 5. The van der Waals surface area contributed by atoms with Gasteiger partial charge in [0.25, 0.3) is 5.91 Å². The van der Waals surface area contributed by atoms with Crippen LogP contribution in [0.3, 0.4) is 0 Å². The molecule has 0 aliphatic carbocycles. The van der Waals surface area contributed by atoms with Crippen molar-refractivity contribution in [1.82, 2.24) is 15.1 Å². The van der Waals surface area contributed by atoms with Gasteiger partial charge in [0.1, 0.15) is 5.75 Å². The molecule has 1 saturated heterocycles. The van der Waals surface area contributed by atoms with Gasteiger partial charge in [0.15, 0.2) is 6.61 Å². The fourth-order valence-corrected chi connectivity index (χ4v) is 4.65. The number of carbonyl (C=O) groups excluding carboxylic acids is 1. The Morgan fingerprint density at radius 2 is 1.78 bits per heavy atom. The lowest BCUT2D eigenvalue weighted by atomic mass is 9.95. The Labute approximate surface area is 192 Å². The normalized spacial score (nSPS) is 18.2. The third kappa shape index (κ3) is 5.61. The Hall–Kier alpha value is -2.57. The van der Waals surface area contributed by atoms with Crippen LogP contribution in [0.1, 0.15) is 29.2 Å². The number of nitrogens with zero attached hydrogens (tertiary/aromatic N) is 3. The van der Waals surface area contributed by atoms with E-state index < -0.39 is 0 Å². The van der Waals surface area contributed by atoms with Gasteiger partial charge >= 0.3 is 0 Å². The maximum atomic E-state index is 12.6. The average Bonchev–Trinajstić information content (AvgIpc) is 2.80. The standard InChI is InChI=1S/C26H36N4O2/c1-20-6-9-23(10-7-20)32-19-26(31)27-18-25(30-15-13-28(2)14-16-30)22-8-11-24-21(17-22)5-4-12-29(24)3/h6-11,17,25H,4-5,12-16,18-19H2,1-3H3,(H,27,31)/t25-/m1/s1. The van der Waals surface area contributed by atoms with Crippen LogP contribution in [0, 0.1) is 6.92 Å². The summed E-state index contributed by atoms with van der Waals surface area (Å²) in [7, 11) is 4.34. The number of fused-ring (bicyclic) bond motifs is 1. The van der Waals surface area contributed by atoms with E-state index in [-0.39, 0.29) is 18.6 Å². The summed E-state index contributed by atoms with van der Waals surface area (Å²) in [6, 6.07) is 14.8. The molecule has 6 heteroatoms. The molecule has 0 saturated carbocycles. The number of anilines is 1. The minimum absolute atomic E-state index is 0.0352. The first-order valence-electron chi connectivity index (χ1n) is 11.7. The smallest absolute Gasteiger partial charge is 0.258 e. The number of aryl methyl sites for hydroxylation is 2. The third-order valence-electron chi connectivity index (χ3n) is 6.70. The first-order chi connectivity index (χ1) is 15.5. The summed E-state index contributed by atoms with van der Waals surface area (Å²) in [5.41, 5.74) is 5.23. The molecule has 32 heavy (non-hydrogen) atoms. The van der Waals surface area contributed by atoms with Crippen LogP contribution in [0.15, 0.2) is 42.5 Å². The van der Waals surface area contributed by atoms with Crippen molar-refractivity contribution in [2.45, 2.75) is 25.8 Å². The van der Waals surface area contributed by atoms with Gasteiger partial charge in [0.05, 0.1) is 6.04 Å². The number of likely N-dealkylation sites (N-methyl/N-ethyl adjacent to an activating group) is 1. The second-order valence-corrected chi connectivity index (χ2v) is 9.17.